The Morgan fingerprint density at radius 1 is 1.27 bits per heavy atom. The first-order chi connectivity index (χ1) is 5.04. The van der Waals surface area contributed by atoms with Gasteiger partial charge in [-0.05, 0) is 12.8 Å². The third kappa shape index (κ3) is 5.63. The fourth-order valence-electron chi connectivity index (χ4n) is 1.02. The van der Waals surface area contributed by atoms with E-state index in [9.17, 15) is 0 Å². The summed E-state index contributed by atoms with van der Waals surface area (Å²) in [5.74, 6) is 0. The molecule has 1 saturated carbocycles. The number of primary amides is 1. The van der Waals surface area contributed by atoms with Gasteiger partial charge < -0.3 is 22.3 Å². The van der Waals surface area contributed by atoms with Gasteiger partial charge in [0.2, 0.25) is 0 Å². The van der Waals surface area contributed by atoms with Crippen molar-refractivity contribution in [1.29, 1.82) is 0 Å². The minimum Gasteiger partial charge on any atom is -0.465 e. The summed E-state index contributed by atoms with van der Waals surface area (Å²) in [7, 11) is 0. The first-order valence-electron chi connectivity index (χ1n) is 3.53. The summed E-state index contributed by atoms with van der Waals surface area (Å²) >= 11 is 0. The lowest BCUT2D eigenvalue weighted by Gasteiger charge is -2.05. The molecule has 0 aromatic rings. The van der Waals surface area contributed by atoms with E-state index in [1.54, 1.807) is 0 Å². The van der Waals surface area contributed by atoms with Crippen molar-refractivity contribution in [3.63, 3.8) is 0 Å². The summed E-state index contributed by atoms with van der Waals surface area (Å²) in [5, 5.41) is 7.19. The maximum atomic E-state index is 8.78. The minimum absolute atomic E-state index is 0.292. The average molecular weight is 161 g/mol. The molecule has 0 saturated heterocycles. The largest absolute Gasteiger partial charge is 0.465 e. The highest BCUT2D eigenvalue weighted by Crippen LogP contribution is 2.13. The van der Waals surface area contributed by atoms with Crippen molar-refractivity contribution in [2.45, 2.75) is 31.3 Å². The van der Waals surface area contributed by atoms with Crippen LogP contribution in [0.2, 0.25) is 0 Å². The van der Waals surface area contributed by atoms with Crippen molar-refractivity contribution in [2.75, 3.05) is 0 Å². The molecule has 5 heteroatoms. The monoisotopic (exact) mass is 161 g/mol. The molecule has 1 aliphatic rings. The highest BCUT2D eigenvalue weighted by Gasteiger charge is 2.18. The molecule has 1 amide bonds. The molecule has 2 atom stereocenters. The van der Waals surface area contributed by atoms with Crippen LogP contribution in [0.5, 0.6) is 0 Å². The van der Waals surface area contributed by atoms with E-state index in [1.165, 1.54) is 6.42 Å². The molecule has 7 N–H and O–H groups in total. The fourth-order valence-corrected chi connectivity index (χ4v) is 1.02. The molecule has 0 radical (unpaired) electrons. The molecule has 1 fully saturated rings. The minimum atomic E-state index is -1.33. The third-order valence-corrected chi connectivity index (χ3v) is 1.62. The van der Waals surface area contributed by atoms with Crippen LogP contribution in [0.25, 0.3) is 0 Å². The molecule has 5 nitrogen and oxygen atoms in total. The smallest absolute Gasteiger partial charge is 0.402 e. The zero-order chi connectivity index (χ0) is 8.85. The van der Waals surface area contributed by atoms with Gasteiger partial charge >= 0.3 is 6.09 Å². The van der Waals surface area contributed by atoms with Crippen molar-refractivity contribution in [3.8, 4) is 0 Å². The van der Waals surface area contributed by atoms with Crippen LogP contribution in [0.15, 0.2) is 0 Å². The van der Waals surface area contributed by atoms with E-state index in [-0.39, 0.29) is 0 Å². The maximum absolute atomic E-state index is 8.78. The molecule has 0 aromatic carbocycles. The average Bonchev–Trinajstić information content (AvgIpc) is 2.15. The first-order valence-corrected chi connectivity index (χ1v) is 3.53. The number of carbonyl (C=O) groups is 1. The number of nitrogens with two attached hydrogens (primary N) is 3. The first kappa shape index (κ1) is 10.2. The van der Waals surface area contributed by atoms with E-state index in [1.807, 2.05) is 0 Å². The van der Waals surface area contributed by atoms with E-state index in [0.717, 1.165) is 12.8 Å². The number of amides is 1. The van der Waals surface area contributed by atoms with Crippen LogP contribution >= 0.6 is 0 Å². The molecule has 11 heavy (non-hydrogen) atoms. The van der Waals surface area contributed by atoms with Crippen LogP contribution in [-0.2, 0) is 0 Å². The van der Waals surface area contributed by atoms with E-state index in [2.05, 4.69) is 5.73 Å². The zero-order valence-corrected chi connectivity index (χ0v) is 6.36. The molecule has 0 spiro atoms. The number of hydrogen-bond donors (Lipinski definition) is 4. The normalized spacial score (nSPS) is 28.9. The van der Waals surface area contributed by atoms with Crippen LogP contribution in [-0.4, -0.2) is 23.3 Å². The summed E-state index contributed by atoms with van der Waals surface area (Å²) < 4.78 is 0. The Bertz CT molecular complexity index is 117. The Hall–Kier alpha value is -0.810. The lowest BCUT2D eigenvalue weighted by atomic mass is 10.2. The molecule has 0 heterocycles. The number of rotatable bonds is 0. The van der Waals surface area contributed by atoms with E-state index in [4.69, 9.17) is 21.4 Å². The standard InChI is InChI=1S/C5H12N2.CH3NO2/c6-4-2-1-3-5(4)7;2-1(3)4/h4-5H,1-3,6-7H2;2H2,(H,3,4)/t4-,5-;/m0./s1. The van der Waals surface area contributed by atoms with Crippen molar-refractivity contribution < 1.29 is 9.90 Å². The van der Waals surface area contributed by atoms with Gasteiger partial charge in [0.15, 0.2) is 0 Å². The highest BCUT2D eigenvalue weighted by molar-refractivity contribution is 5.61. The second kappa shape index (κ2) is 4.92. The van der Waals surface area contributed by atoms with Gasteiger partial charge in [0.25, 0.3) is 0 Å². The third-order valence-electron chi connectivity index (χ3n) is 1.62. The SMILES string of the molecule is NC(=O)O.N[C@H]1CCC[C@@H]1N. The van der Waals surface area contributed by atoms with Gasteiger partial charge in [-0.2, -0.15) is 0 Å². The lowest BCUT2D eigenvalue weighted by Crippen LogP contribution is -2.35. The van der Waals surface area contributed by atoms with Crippen LogP contribution in [0.4, 0.5) is 4.79 Å². The topological polar surface area (TPSA) is 115 Å². The zero-order valence-electron chi connectivity index (χ0n) is 6.36. The summed E-state index contributed by atoms with van der Waals surface area (Å²) in [6.07, 6.45) is 2.14. The number of carboxylic acid groups (broad SMARTS) is 1. The lowest BCUT2D eigenvalue weighted by molar-refractivity contribution is 0.205. The molecule has 1 rings (SSSR count). The Balaban J connectivity index is 0.000000218. The van der Waals surface area contributed by atoms with Crippen molar-refractivity contribution in [2.24, 2.45) is 17.2 Å². The fraction of sp³-hybridized carbons (Fsp3) is 0.833. The van der Waals surface area contributed by atoms with Gasteiger partial charge in [-0.1, -0.05) is 6.42 Å². The molecule has 0 aromatic heterocycles. The van der Waals surface area contributed by atoms with Crippen LogP contribution < -0.4 is 17.2 Å². The summed E-state index contributed by atoms with van der Waals surface area (Å²) in [6.45, 7) is 0. The predicted octanol–water partition coefficient (Wildman–Crippen LogP) is -0.552. The van der Waals surface area contributed by atoms with Gasteiger partial charge in [-0.15, -0.1) is 0 Å². The summed E-state index contributed by atoms with van der Waals surface area (Å²) in [4.78, 5) is 8.78. The van der Waals surface area contributed by atoms with Crippen LogP contribution in [0.1, 0.15) is 19.3 Å². The molecular formula is C6H15N3O2. The molecule has 0 bridgehead atoms. The molecule has 0 unspecified atom stereocenters. The Morgan fingerprint density at radius 2 is 1.55 bits per heavy atom. The van der Waals surface area contributed by atoms with Crippen molar-refractivity contribution >= 4 is 6.09 Å². The molecule has 66 valence electrons. The quantitative estimate of drug-likeness (QED) is 0.381. The Kier molecular flexibility index (Phi) is 4.56. The predicted molar refractivity (Wildman–Crippen MR) is 42.0 cm³/mol. The van der Waals surface area contributed by atoms with Crippen molar-refractivity contribution in [3.05, 3.63) is 0 Å². The van der Waals surface area contributed by atoms with Crippen molar-refractivity contribution in [1.82, 2.24) is 0 Å². The maximum Gasteiger partial charge on any atom is 0.402 e. The summed E-state index contributed by atoms with van der Waals surface area (Å²) in [6, 6.07) is 0.583. The highest BCUT2D eigenvalue weighted by atomic mass is 16.4. The molecule has 0 aliphatic heterocycles. The van der Waals surface area contributed by atoms with Gasteiger partial charge in [0.05, 0.1) is 0 Å². The van der Waals surface area contributed by atoms with E-state index < -0.39 is 6.09 Å². The Morgan fingerprint density at radius 3 is 1.64 bits per heavy atom. The second-order valence-electron chi connectivity index (χ2n) is 2.60. The number of hydrogen-bond acceptors (Lipinski definition) is 3. The van der Waals surface area contributed by atoms with E-state index >= 15 is 0 Å². The van der Waals surface area contributed by atoms with Gasteiger partial charge in [-0.3, -0.25) is 0 Å². The molecular weight excluding hydrogens is 146 g/mol. The van der Waals surface area contributed by atoms with Gasteiger partial charge in [-0.25, -0.2) is 4.79 Å². The summed E-state index contributed by atoms with van der Waals surface area (Å²) in [5.41, 5.74) is 15.1. The molecule has 1 aliphatic carbocycles. The van der Waals surface area contributed by atoms with Crippen LogP contribution in [0.3, 0.4) is 0 Å². The Labute approximate surface area is 65.5 Å². The second-order valence-corrected chi connectivity index (χ2v) is 2.60. The van der Waals surface area contributed by atoms with Crippen LogP contribution in [0, 0.1) is 0 Å². The van der Waals surface area contributed by atoms with E-state index in [0.29, 0.717) is 12.1 Å². The van der Waals surface area contributed by atoms with Gasteiger partial charge in [0.1, 0.15) is 0 Å². The van der Waals surface area contributed by atoms with Gasteiger partial charge in [0, 0.05) is 12.1 Å².